The van der Waals surface area contributed by atoms with Crippen molar-refractivity contribution in [3.05, 3.63) is 63.7 Å². The SMILES string of the molecule is C=C1/C(=C\C=C2/CCC[C@]3(C)[C@@H]([C@@H](C)/C=C/[C@@H](O)C4(c5ncc(CCC)s5)CC4)CC[C@@H]23)C[C@@H](O)C[C@@H]1O. The Bertz CT molecular complexity index is 1110. The van der Waals surface area contributed by atoms with Crippen molar-refractivity contribution in [2.75, 3.05) is 0 Å². The molecule has 0 unspecified atom stereocenters. The van der Waals surface area contributed by atoms with Gasteiger partial charge in [-0.25, -0.2) is 4.98 Å². The molecule has 208 valence electrons. The minimum atomic E-state index is -0.636. The second-order valence-corrected chi connectivity index (χ2v) is 14.0. The van der Waals surface area contributed by atoms with Crippen LogP contribution in [-0.2, 0) is 11.8 Å². The number of aromatic nitrogens is 1. The molecule has 4 nitrogen and oxygen atoms in total. The molecule has 4 fully saturated rings. The van der Waals surface area contributed by atoms with E-state index in [4.69, 9.17) is 4.98 Å². The Labute approximate surface area is 233 Å². The summed E-state index contributed by atoms with van der Waals surface area (Å²) in [7, 11) is 0. The smallest absolute Gasteiger partial charge is 0.102 e. The van der Waals surface area contributed by atoms with Crippen molar-refractivity contribution in [1.82, 2.24) is 4.98 Å². The van der Waals surface area contributed by atoms with E-state index in [-0.39, 0.29) is 10.8 Å². The van der Waals surface area contributed by atoms with Gasteiger partial charge in [0.1, 0.15) is 5.01 Å². The van der Waals surface area contributed by atoms with Crippen LogP contribution in [0.5, 0.6) is 0 Å². The van der Waals surface area contributed by atoms with E-state index in [1.807, 2.05) is 6.20 Å². The van der Waals surface area contributed by atoms with Gasteiger partial charge >= 0.3 is 0 Å². The third-order valence-electron chi connectivity index (χ3n) is 10.4. The van der Waals surface area contributed by atoms with Gasteiger partial charge in [-0.3, -0.25) is 0 Å². The maximum Gasteiger partial charge on any atom is 0.102 e. The van der Waals surface area contributed by atoms with Crippen molar-refractivity contribution in [2.45, 2.75) is 115 Å². The van der Waals surface area contributed by atoms with E-state index in [1.165, 1.54) is 36.1 Å². The van der Waals surface area contributed by atoms with E-state index in [9.17, 15) is 15.3 Å². The third kappa shape index (κ3) is 5.29. The lowest BCUT2D eigenvalue weighted by Gasteiger charge is -2.44. The molecule has 0 spiro atoms. The maximum atomic E-state index is 11.2. The van der Waals surface area contributed by atoms with Crippen molar-refractivity contribution in [2.24, 2.45) is 23.2 Å². The number of aliphatic hydroxyl groups is 3. The zero-order valence-electron chi connectivity index (χ0n) is 23.5. The van der Waals surface area contributed by atoms with Gasteiger partial charge in [-0.1, -0.05) is 63.6 Å². The number of thiazole rings is 1. The lowest BCUT2D eigenvalue weighted by molar-refractivity contribution is 0.0862. The highest BCUT2D eigenvalue weighted by molar-refractivity contribution is 7.11. The summed E-state index contributed by atoms with van der Waals surface area (Å²) in [6, 6.07) is 0. The number of rotatable bonds is 8. The van der Waals surface area contributed by atoms with Crippen molar-refractivity contribution in [1.29, 1.82) is 0 Å². The fraction of sp³-hybridized carbons (Fsp3) is 0.667. The van der Waals surface area contributed by atoms with Crippen LogP contribution in [0, 0.1) is 23.2 Å². The number of nitrogens with zero attached hydrogens (tertiary/aromatic N) is 1. The number of aryl methyl sites for hydroxylation is 1. The van der Waals surface area contributed by atoms with E-state index in [2.05, 4.69) is 51.7 Å². The van der Waals surface area contributed by atoms with Crippen LogP contribution in [0.1, 0.15) is 94.9 Å². The molecule has 4 aliphatic rings. The Morgan fingerprint density at radius 2 is 1.97 bits per heavy atom. The summed E-state index contributed by atoms with van der Waals surface area (Å²) in [5, 5.41) is 32.7. The van der Waals surface area contributed by atoms with Crippen molar-refractivity contribution >= 4 is 11.3 Å². The molecule has 0 aliphatic heterocycles. The number of hydrogen-bond donors (Lipinski definition) is 3. The molecule has 0 amide bonds. The molecular formula is C33H47NO3S. The van der Waals surface area contributed by atoms with Crippen LogP contribution in [-0.4, -0.2) is 38.6 Å². The van der Waals surface area contributed by atoms with Crippen LogP contribution < -0.4 is 0 Å². The molecule has 1 aromatic rings. The minimum Gasteiger partial charge on any atom is -0.393 e. The Morgan fingerprint density at radius 1 is 1.18 bits per heavy atom. The average molecular weight is 538 g/mol. The highest BCUT2D eigenvalue weighted by Gasteiger charge is 2.53. The first-order valence-electron chi connectivity index (χ1n) is 14.9. The third-order valence-corrected chi connectivity index (χ3v) is 11.6. The normalized spacial score (nSPS) is 36.6. The summed E-state index contributed by atoms with van der Waals surface area (Å²) in [6.07, 6.45) is 20.5. The van der Waals surface area contributed by atoms with Crippen LogP contribution in [0.15, 0.2) is 53.8 Å². The Morgan fingerprint density at radius 3 is 2.71 bits per heavy atom. The van der Waals surface area contributed by atoms with Crippen LogP contribution >= 0.6 is 11.3 Å². The fourth-order valence-electron chi connectivity index (χ4n) is 7.88. The average Bonchev–Trinajstić information content (AvgIpc) is 3.42. The second-order valence-electron chi connectivity index (χ2n) is 12.9. The molecule has 7 atom stereocenters. The van der Waals surface area contributed by atoms with Crippen molar-refractivity contribution < 1.29 is 15.3 Å². The Balaban J connectivity index is 1.27. The predicted molar refractivity (Wildman–Crippen MR) is 156 cm³/mol. The van der Waals surface area contributed by atoms with E-state index >= 15 is 0 Å². The molecule has 5 rings (SSSR count). The molecule has 4 aliphatic carbocycles. The molecule has 1 heterocycles. The summed E-state index contributed by atoms with van der Waals surface area (Å²) < 4.78 is 0. The van der Waals surface area contributed by atoms with E-state index in [0.717, 1.165) is 48.3 Å². The van der Waals surface area contributed by atoms with Gasteiger partial charge < -0.3 is 15.3 Å². The first-order chi connectivity index (χ1) is 18.2. The highest BCUT2D eigenvalue weighted by Crippen LogP contribution is 2.60. The molecule has 1 aromatic heterocycles. The maximum absolute atomic E-state index is 11.2. The molecule has 0 bridgehead atoms. The first-order valence-corrected chi connectivity index (χ1v) is 15.8. The lowest BCUT2D eigenvalue weighted by atomic mass is 9.61. The molecular weight excluding hydrogens is 490 g/mol. The zero-order chi connectivity index (χ0) is 27.1. The summed E-state index contributed by atoms with van der Waals surface area (Å²) in [4.78, 5) is 6.05. The standard InChI is InChI=1S/C33H47NO3S/c1-5-7-26-20-34-31(38-26)33(16-17-33)30(37)14-9-21(2)27-12-13-28-23(8-6-15-32(27,28)4)10-11-24-18-25(35)19-29(36)22(24)3/h9-11,14,20-21,25,27-30,35-37H,3,5-8,12-13,15-19H2,1-2,4H3/b14-9+,23-10+,24-11-/t21-,25+,27+,28-,29-,30+,32+/m0/s1. The minimum absolute atomic E-state index is 0.159. The van der Waals surface area contributed by atoms with E-state index in [0.29, 0.717) is 30.6 Å². The van der Waals surface area contributed by atoms with Gasteiger partial charge in [0.25, 0.3) is 0 Å². The topological polar surface area (TPSA) is 73.6 Å². The molecule has 0 saturated heterocycles. The first kappa shape index (κ1) is 28.0. The van der Waals surface area contributed by atoms with Crippen molar-refractivity contribution in [3.8, 4) is 0 Å². The predicted octanol–water partition coefficient (Wildman–Crippen LogP) is 6.82. The summed E-state index contributed by atoms with van der Waals surface area (Å²) in [5.74, 6) is 1.60. The fourth-order valence-corrected chi connectivity index (χ4v) is 9.17. The number of hydrogen-bond acceptors (Lipinski definition) is 5. The molecule has 4 saturated carbocycles. The molecule has 0 aromatic carbocycles. The Kier molecular flexibility index (Phi) is 8.22. The van der Waals surface area contributed by atoms with Gasteiger partial charge in [0.15, 0.2) is 0 Å². The van der Waals surface area contributed by atoms with Gasteiger partial charge in [-0.15, -0.1) is 11.3 Å². The van der Waals surface area contributed by atoms with E-state index in [1.54, 1.807) is 11.3 Å². The van der Waals surface area contributed by atoms with Gasteiger partial charge in [-0.05, 0) is 92.1 Å². The van der Waals surface area contributed by atoms with E-state index < -0.39 is 18.3 Å². The number of fused-ring (bicyclic) bond motifs is 1. The highest BCUT2D eigenvalue weighted by atomic mass is 32.1. The molecule has 38 heavy (non-hydrogen) atoms. The zero-order valence-corrected chi connectivity index (χ0v) is 24.3. The van der Waals surface area contributed by atoms with Crippen molar-refractivity contribution in [3.63, 3.8) is 0 Å². The lowest BCUT2D eigenvalue weighted by Crippen LogP contribution is -2.35. The number of allylic oxidation sites excluding steroid dienone is 4. The molecule has 5 heteroatoms. The monoisotopic (exact) mass is 537 g/mol. The number of aliphatic hydroxyl groups excluding tert-OH is 3. The van der Waals surface area contributed by atoms with Gasteiger partial charge in [0, 0.05) is 17.5 Å². The summed E-state index contributed by atoms with van der Waals surface area (Å²) >= 11 is 1.80. The Hall–Kier alpha value is -1.53. The quantitative estimate of drug-likeness (QED) is 0.318. The van der Waals surface area contributed by atoms with Crippen LogP contribution in [0.25, 0.3) is 0 Å². The van der Waals surface area contributed by atoms with Gasteiger partial charge in [0.2, 0.25) is 0 Å². The molecule has 0 radical (unpaired) electrons. The van der Waals surface area contributed by atoms with Crippen LogP contribution in [0.2, 0.25) is 0 Å². The van der Waals surface area contributed by atoms with Gasteiger partial charge in [0.05, 0.1) is 23.7 Å². The van der Waals surface area contributed by atoms with Crippen LogP contribution in [0.3, 0.4) is 0 Å². The van der Waals surface area contributed by atoms with Gasteiger partial charge in [-0.2, -0.15) is 0 Å². The summed E-state index contributed by atoms with van der Waals surface area (Å²) in [6.45, 7) is 11.1. The summed E-state index contributed by atoms with van der Waals surface area (Å²) in [5.41, 5.74) is 3.39. The second kappa shape index (κ2) is 11.2. The largest absolute Gasteiger partial charge is 0.393 e. The van der Waals surface area contributed by atoms with Crippen LogP contribution in [0.4, 0.5) is 0 Å². The molecule has 3 N–H and O–H groups in total.